The average Bonchev–Trinajstić information content (AvgIpc) is 3.14. The summed E-state index contributed by atoms with van der Waals surface area (Å²) < 4.78 is 0. The van der Waals surface area contributed by atoms with E-state index in [-0.39, 0.29) is 17.9 Å². The second kappa shape index (κ2) is 4.20. The number of amides is 2. The Balaban J connectivity index is 1.68. The summed E-state index contributed by atoms with van der Waals surface area (Å²) in [5, 5.41) is 0. The highest BCUT2D eigenvalue weighted by Gasteiger charge is 2.46. The van der Waals surface area contributed by atoms with Crippen molar-refractivity contribution in [3.8, 4) is 0 Å². The predicted octanol–water partition coefficient (Wildman–Crippen LogP) is 2.47. The van der Waals surface area contributed by atoms with Crippen LogP contribution in [-0.2, 0) is 0 Å². The van der Waals surface area contributed by atoms with Crippen LogP contribution < -0.4 is 5.73 Å². The molecular formula is C17H18N2O2. The Morgan fingerprint density at radius 2 is 2.00 bits per heavy atom. The first-order valence-corrected chi connectivity index (χ1v) is 7.52. The van der Waals surface area contributed by atoms with Gasteiger partial charge in [0.1, 0.15) is 0 Å². The number of allylic oxidation sites excluding steroid dienone is 2. The van der Waals surface area contributed by atoms with E-state index < -0.39 is 0 Å². The van der Waals surface area contributed by atoms with Crippen LogP contribution in [0.3, 0.4) is 0 Å². The van der Waals surface area contributed by atoms with Gasteiger partial charge in [0.05, 0.1) is 11.1 Å². The molecule has 1 saturated carbocycles. The molecule has 0 saturated heterocycles. The number of hydrogen-bond donors (Lipinski definition) is 1. The van der Waals surface area contributed by atoms with Crippen molar-refractivity contribution in [1.82, 2.24) is 4.90 Å². The van der Waals surface area contributed by atoms with E-state index in [0.29, 0.717) is 34.6 Å². The smallest absolute Gasteiger partial charge is 0.263 e. The van der Waals surface area contributed by atoms with Crippen molar-refractivity contribution >= 4 is 17.5 Å². The minimum Gasteiger partial charge on any atom is -0.398 e. The molecule has 2 aliphatic carbocycles. The van der Waals surface area contributed by atoms with Crippen LogP contribution in [0.15, 0.2) is 30.4 Å². The Labute approximate surface area is 123 Å². The van der Waals surface area contributed by atoms with Crippen molar-refractivity contribution in [2.24, 2.45) is 17.8 Å². The van der Waals surface area contributed by atoms with Crippen LogP contribution in [0, 0.1) is 17.8 Å². The molecule has 108 valence electrons. The third-order valence-electron chi connectivity index (χ3n) is 5.34. The van der Waals surface area contributed by atoms with Gasteiger partial charge in [-0.05, 0) is 49.7 Å². The lowest BCUT2D eigenvalue weighted by Crippen LogP contribution is -2.43. The van der Waals surface area contributed by atoms with Crippen molar-refractivity contribution in [1.29, 1.82) is 0 Å². The molecule has 1 fully saturated rings. The molecule has 4 nitrogen and oxygen atoms in total. The van der Waals surface area contributed by atoms with Crippen molar-refractivity contribution in [3.05, 3.63) is 41.5 Å². The van der Waals surface area contributed by atoms with E-state index in [0.717, 1.165) is 6.42 Å². The zero-order valence-electron chi connectivity index (χ0n) is 12.0. The summed E-state index contributed by atoms with van der Waals surface area (Å²) in [6, 6.07) is 5.03. The van der Waals surface area contributed by atoms with Crippen LogP contribution >= 0.6 is 0 Å². The van der Waals surface area contributed by atoms with Crippen molar-refractivity contribution < 1.29 is 9.59 Å². The van der Waals surface area contributed by atoms with Crippen LogP contribution in [0.2, 0.25) is 0 Å². The minimum atomic E-state index is -0.229. The summed E-state index contributed by atoms with van der Waals surface area (Å²) in [5.41, 5.74) is 7.12. The van der Waals surface area contributed by atoms with Gasteiger partial charge in [-0.3, -0.25) is 14.5 Å². The molecule has 21 heavy (non-hydrogen) atoms. The summed E-state index contributed by atoms with van der Waals surface area (Å²) in [7, 11) is 0. The first kappa shape index (κ1) is 12.6. The highest BCUT2D eigenvalue weighted by atomic mass is 16.2. The maximum absolute atomic E-state index is 12.6. The minimum absolute atomic E-state index is 0.0725. The largest absolute Gasteiger partial charge is 0.398 e. The number of imide groups is 1. The topological polar surface area (TPSA) is 63.4 Å². The molecule has 4 atom stereocenters. The normalized spacial score (nSPS) is 31.1. The highest BCUT2D eigenvalue weighted by Crippen LogP contribution is 2.47. The Morgan fingerprint density at radius 3 is 2.62 bits per heavy atom. The monoisotopic (exact) mass is 282 g/mol. The molecule has 1 aromatic carbocycles. The third-order valence-corrected chi connectivity index (χ3v) is 5.34. The first-order chi connectivity index (χ1) is 10.1. The third kappa shape index (κ3) is 1.62. The molecule has 1 aliphatic heterocycles. The number of nitrogens with two attached hydrogens (primary N) is 1. The van der Waals surface area contributed by atoms with E-state index in [1.165, 1.54) is 11.3 Å². The van der Waals surface area contributed by atoms with Gasteiger partial charge in [-0.25, -0.2) is 0 Å². The van der Waals surface area contributed by atoms with Gasteiger partial charge in [0.2, 0.25) is 0 Å². The number of carbonyl (C=O) groups excluding carboxylic acids is 2. The molecule has 4 heteroatoms. The Hall–Kier alpha value is -2.10. The molecule has 4 rings (SSSR count). The fourth-order valence-corrected chi connectivity index (χ4v) is 4.27. The van der Waals surface area contributed by atoms with Crippen molar-refractivity contribution in [2.75, 3.05) is 5.73 Å². The fourth-order valence-electron chi connectivity index (χ4n) is 4.27. The van der Waals surface area contributed by atoms with Crippen molar-refractivity contribution in [2.45, 2.75) is 25.8 Å². The van der Waals surface area contributed by atoms with Crippen LogP contribution in [0.1, 0.15) is 40.5 Å². The van der Waals surface area contributed by atoms with Crippen LogP contribution in [-0.4, -0.2) is 22.8 Å². The van der Waals surface area contributed by atoms with Gasteiger partial charge in [-0.15, -0.1) is 0 Å². The van der Waals surface area contributed by atoms with E-state index >= 15 is 0 Å². The Morgan fingerprint density at radius 1 is 1.19 bits per heavy atom. The molecule has 1 aromatic rings. The van der Waals surface area contributed by atoms with Gasteiger partial charge in [-0.1, -0.05) is 18.2 Å². The van der Waals surface area contributed by atoms with Crippen LogP contribution in [0.25, 0.3) is 0 Å². The number of fused-ring (bicyclic) bond motifs is 3. The SMILES string of the molecule is CC(C1CC2C=CC1C2)N1C(=O)c2cccc(N)c2C1=O. The van der Waals surface area contributed by atoms with Gasteiger partial charge in [0, 0.05) is 11.7 Å². The molecule has 2 N–H and O–H groups in total. The van der Waals surface area contributed by atoms with E-state index in [1.54, 1.807) is 18.2 Å². The molecule has 0 aromatic heterocycles. The molecule has 2 amide bonds. The summed E-state index contributed by atoms with van der Waals surface area (Å²) >= 11 is 0. The number of anilines is 1. The van der Waals surface area contributed by atoms with Gasteiger partial charge in [-0.2, -0.15) is 0 Å². The Kier molecular flexibility index (Phi) is 2.52. The molecule has 1 heterocycles. The first-order valence-electron chi connectivity index (χ1n) is 7.52. The predicted molar refractivity (Wildman–Crippen MR) is 79.7 cm³/mol. The zero-order valence-corrected chi connectivity index (χ0v) is 12.0. The maximum atomic E-state index is 12.6. The van der Waals surface area contributed by atoms with Gasteiger partial charge in [0.15, 0.2) is 0 Å². The van der Waals surface area contributed by atoms with E-state index in [1.807, 2.05) is 6.92 Å². The quantitative estimate of drug-likeness (QED) is 0.515. The van der Waals surface area contributed by atoms with Gasteiger partial charge < -0.3 is 5.73 Å². The number of rotatable bonds is 2. The van der Waals surface area contributed by atoms with Gasteiger partial charge in [0.25, 0.3) is 11.8 Å². The molecule has 2 bridgehead atoms. The molecular weight excluding hydrogens is 264 g/mol. The maximum Gasteiger partial charge on any atom is 0.263 e. The zero-order chi connectivity index (χ0) is 14.7. The van der Waals surface area contributed by atoms with Crippen molar-refractivity contribution in [3.63, 3.8) is 0 Å². The number of carbonyl (C=O) groups is 2. The molecule has 3 aliphatic rings. The summed E-state index contributed by atoms with van der Waals surface area (Å²) in [4.78, 5) is 26.7. The number of nitrogen functional groups attached to an aromatic ring is 1. The highest BCUT2D eigenvalue weighted by molar-refractivity contribution is 6.23. The number of hydrogen-bond acceptors (Lipinski definition) is 3. The second-order valence-corrected chi connectivity index (χ2v) is 6.43. The average molecular weight is 282 g/mol. The molecule has 0 spiro atoms. The summed E-state index contributed by atoms with van der Waals surface area (Å²) in [5.74, 6) is 1.09. The molecule has 0 radical (unpaired) electrons. The van der Waals surface area contributed by atoms with E-state index in [4.69, 9.17) is 5.73 Å². The van der Waals surface area contributed by atoms with Crippen LogP contribution in [0.4, 0.5) is 5.69 Å². The standard InChI is InChI=1S/C17H18N2O2/c1-9(13-8-10-5-6-11(13)7-10)19-16(20)12-3-2-4-14(18)15(12)17(19)21/h2-6,9-11,13H,7-8,18H2,1H3. The lowest BCUT2D eigenvalue weighted by Gasteiger charge is -2.31. The molecule has 4 unspecified atom stereocenters. The fraction of sp³-hybridized carbons (Fsp3) is 0.412. The van der Waals surface area contributed by atoms with E-state index in [2.05, 4.69) is 12.2 Å². The summed E-state index contributed by atoms with van der Waals surface area (Å²) in [6.07, 6.45) is 6.77. The lowest BCUT2D eigenvalue weighted by atomic mass is 9.87. The van der Waals surface area contributed by atoms with E-state index in [9.17, 15) is 9.59 Å². The summed E-state index contributed by atoms with van der Waals surface area (Å²) in [6.45, 7) is 2.00. The Bertz CT molecular complexity index is 679. The second-order valence-electron chi connectivity index (χ2n) is 6.43. The number of benzene rings is 1. The number of nitrogens with zero attached hydrogens (tertiary/aromatic N) is 1. The van der Waals surface area contributed by atoms with Crippen LogP contribution in [0.5, 0.6) is 0 Å². The van der Waals surface area contributed by atoms with Gasteiger partial charge >= 0.3 is 0 Å². The lowest BCUT2D eigenvalue weighted by molar-refractivity contribution is 0.0530.